The van der Waals surface area contributed by atoms with Crippen LogP contribution in [0, 0.1) is 6.92 Å². The van der Waals surface area contributed by atoms with Crippen LogP contribution in [0.2, 0.25) is 0 Å². The van der Waals surface area contributed by atoms with E-state index < -0.39 is 0 Å². The molecule has 96 valence electrons. The molecule has 1 atom stereocenters. The Labute approximate surface area is 104 Å². The molecule has 0 bridgehead atoms. The highest BCUT2D eigenvalue weighted by Gasteiger charge is 2.09. The highest BCUT2D eigenvalue weighted by molar-refractivity contribution is 5.47. The molecule has 1 aromatic rings. The molecular formula is C14H23NO2. The van der Waals surface area contributed by atoms with Gasteiger partial charge in [-0.3, -0.25) is 0 Å². The molecule has 0 aliphatic rings. The number of methoxy groups -OCH3 is 2. The van der Waals surface area contributed by atoms with Crippen molar-refractivity contribution in [3.8, 4) is 11.5 Å². The van der Waals surface area contributed by atoms with Gasteiger partial charge in [0.15, 0.2) is 11.5 Å². The largest absolute Gasteiger partial charge is 0.493 e. The van der Waals surface area contributed by atoms with E-state index in [2.05, 4.69) is 25.2 Å². The van der Waals surface area contributed by atoms with E-state index in [9.17, 15) is 0 Å². The minimum atomic E-state index is 0.530. The Bertz CT molecular complexity index is 363. The third-order valence-corrected chi connectivity index (χ3v) is 3.18. The lowest BCUT2D eigenvalue weighted by Gasteiger charge is -2.14. The van der Waals surface area contributed by atoms with E-state index in [1.807, 2.05) is 13.1 Å². The Morgan fingerprint density at radius 3 is 2.29 bits per heavy atom. The third-order valence-electron chi connectivity index (χ3n) is 3.18. The summed E-state index contributed by atoms with van der Waals surface area (Å²) in [5.41, 5.74) is 2.58. The fourth-order valence-corrected chi connectivity index (χ4v) is 1.81. The molecule has 0 aliphatic carbocycles. The van der Waals surface area contributed by atoms with E-state index in [4.69, 9.17) is 9.47 Å². The van der Waals surface area contributed by atoms with Gasteiger partial charge in [0.25, 0.3) is 0 Å². The molecule has 0 heterocycles. The number of aryl methyl sites for hydroxylation is 2. The van der Waals surface area contributed by atoms with Crippen LogP contribution in [0.3, 0.4) is 0 Å². The van der Waals surface area contributed by atoms with Crippen molar-refractivity contribution < 1.29 is 9.47 Å². The average Bonchev–Trinajstić information content (AvgIpc) is 2.36. The number of rotatable bonds is 6. The first kappa shape index (κ1) is 13.8. The van der Waals surface area contributed by atoms with Gasteiger partial charge >= 0.3 is 0 Å². The minimum absolute atomic E-state index is 0.530. The summed E-state index contributed by atoms with van der Waals surface area (Å²) in [5.74, 6) is 1.61. The summed E-state index contributed by atoms with van der Waals surface area (Å²) in [6.07, 6.45) is 2.17. The van der Waals surface area contributed by atoms with Crippen LogP contribution in [0.4, 0.5) is 0 Å². The molecule has 0 aliphatic heterocycles. The lowest BCUT2D eigenvalue weighted by Crippen LogP contribution is -2.21. The number of nitrogens with one attached hydrogen (secondary N) is 1. The van der Waals surface area contributed by atoms with Crippen LogP contribution in [0.25, 0.3) is 0 Å². The van der Waals surface area contributed by atoms with E-state index in [0.717, 1.165) is 24.3 Å². The van der Waals surface area contributed by atoms with E-state index in [0.29, 0.717) is 6.04 Å². The first-order valence-corrected chi connectivity index (χ1v) is 6.01. The zero-order chi connectivity index (χ0) is 12.8. The van der Waals surface area contributed by atoms with Crippen LogP contribution >= 0.6 is 0 Å². The van der Waals surface area contributed by atoms with Gasteiger partial charge in [-0.05, 0) is 57.0 Å². The van der Waals surface area contributed by atoms with Gasteiger partial charge in [0.05, 0.1) is 14.2 Å². The molecule has 0 aromatic heterocycles. The Kier molecular flexibility index (Phi) is 5.29. The zero-order valence-electron chi connectivity index (χ0n) is 11.5. The lowest BCUT2D eigenvalue weighted by molar-refractivity contribution is 0.354. The maximum atomic E-state index is 5.32. The van der Waals surface area contributed by atoms with Crippen LogP contribution < -0.4 is 14.8 Å². The quantitative estimate of drug-likeness (QED) is 0.825. The molecule has 1 N–H and O–H groups in total. The van der Waals surface area contributed by atoms with Crippen LogP contribution in [-0.2, 0) is 6.42 Å². The normalized spacial score (nSPS) is 12.3. The number of benzene rings is 1. The van der Waals surface area contributed by atoms with Gasteiger partial charge in [-0.25, -0.2) is 0 Å². The summed E-state index contributed by atoms with van der Waals surface area (Å²) in [4.78, 5) is 0. The Morgan fingerprint density at radius 2 is 1.76 bits per heavy atom. The van der Waals surface area contributed by atoms with Gasteiger partial charge in [0, 0.05) is 6.04 Å². The van der Waals surface area contributed by atoms with Crippen molar-refractivity contribution in [2.75, 3.05) is 21.3 Å². The first-order chi connectivity index (χ1) is 8.12. The molecule has 17 heavy (non-hydrogen) atoms. The predicted molar refractivity (Wildman–Crippen MR) is 71.1 cm³/mol. The fourth-order valence-electron chi connectivity index (χ4n) is 1.81. The molecule has 0 fully saturated rings. The van der Waals surface area contributed by atoms with E-state index in [1.165, 1.54) is 11.1 Å². The standard InChI is InChI=1S/C14H23NO2/c1-10-8-13(16-4)14(17-5)9-12(10)7-6-11(2)15-3/h8-9,11,15H,6-7H2,1-5H3. The van der Waals surface area contributed by atoms with Crippen molar-refractivity contribution in [1.29, 1.82) is 0 Å². The van der Waals surface area contributed by atoms with Crippen molar-refractivity contribution >= 4 is 0 Å². The molecule has 0 radical (unpaired) electrons. The van der Waals surface area contributed by atoms with Gasteiger partial charge in [-0.1, -0.05) is 0 Å². The van der Waals surface area contributed by atoms with E-state index in [-0.39, 0.29) is 0 Å². The Balaban J connectivity index is 2.85. The molecule has 0 spiro atoms. The maximum Gasteiger partial charge on any atom is 0.161 e. The van der Waals surface area contributed by atoms with E-state index >= 15 is 0 Å². The molecule has 1 rings (SSSR count). The lowest BCUT2D eigenvalue weighted by atomic mass is 10.0. The predicted octanol–water partition coefficient (Wildman–Crippen LogP) is 2.55. The summed E-state index contributed by atoms with van der Waals surface area (Å²) >= 11 is 0. The Hall–Kier alpha value is -1.22. The minimum Gasteiger partial charge on any atom is -0.493 e. The molecule has 0 amide bonds. The molecular weight excluding hydrogens is 214 g/mol. The van der Waals surface area contributed by atoms with Gasteiger partial charge in [-0.15, -0.1) is 0 Å². The highest BCUT2D eigenvalue weighted by atomic mass is 16.5. The maximum absolute atomic E-state index is 5.32. The van der Waals surface area contributed by atoms with Crippen LogP contribution in [0.15, 0.2) is 12.1 Å². The van der Waals surface area contributed by atoms with Crippen LogP contribution in [0.5, 0.6) is 11.5 Å². The molecule has 1 unspecified atom stereocenters. The van der Waals surface area contributed by atoms with Crippen molar-refractivity contribution in [2.24, 2.45) is 0 Å². The summed E-state index contributed by atoms with van der Waals surface area (Å²) in [5, 5.41) is 3.25. The van der Waals surface area contributed by atoms with E-state index in [1.54, 1.807) is 14.2 Å². The van der Waals surface area contributed by atoms with Crippen molar-refractivity contribution in [3.05, 3.63) is 23.3 Å². The third kappa shape index (κ3) is 3.63. The second kappa shape index (κ2) is 6.50. The van der Waals surface area contributed by atoms with Gasteiger partial charge in [-0.2, -0.15) is 0 Å². The van der Waals surface area contributed by atoms with Crippen molar-refractivity contribution in [1.82, 2.24) is 5.32 Å². The smallest absolute Gasteiger partial charge is 0.161 e. The molecule has 1 aromatic carbocycles. The summed E-state index contributed by atoms with van der Waals surface area (Å²) < 4.78 is 10.6. The SMILES string of the molecule is CNC(C)CCc1cc(OC)c(OC)cc1C. The number of ether oxygens (including phenoxy) is 2. The monoisotopic (exact) mass is 237 g/mol. The van der Waals surface area contributed by atoms with Crippen molar-refractivity contribution in [2.45, 2.75) is 32.7 Å². The molecule has 0 saturated carbocycles. The summed E-state index contributed by atoms with van der Waals surface area (Å²) in [6.45, 7) is 4.30. The topological polar surface area (TPSA) is 30.5 Å². The van der Waals surface area contributed by atoms with Gasteiger partial charge in [0.1, 0.15) is 0 Å². The zero-order valence-corrected chi connectivity index (χ0v) is 11.5. The highest BCUT2D eigenvalue weighted by Crippen LogP contribution is 2.30. The van der Waals surface area contributed by atoms with Crippen LogP contribution in [-0.4, -0.2) is 27.3 Å². The first-order valence-electron chi connectivity index (χ1n) is 6.01. The molecule has 0 saturated heterocycles. The number of hydrogen-bond donors (Lipinski definition) is 1. The summed E-state index contributed by atoms with van der Waals surface area (Å²) in [6, 6.07) is 4.65. The van der Waals surface area contributed by atoms with Gasteiger partial charge < -0.3 is 14.8 Å². The Morgan fingerprint density at radius 1 is 1.18 bits per heavy atom. The fraction of sp³-hybridized carbons (Fsp3) is 0.571. The second-order valence-electron chi connectivity index (χ2n) is 4.36. The average molecular weight is 237 g/mol. The summed E-state index contributed by atoms with van der Waals surface area (Å²) in [7, 11) is 5.33. The second-order valence-corrected chi connectivity index (χ2v) is 4.36. The molecule has 3 nitrogen and oxygen atoms in total. The van der Waals surface area contributed by atoms with Crippen molar-refractivity contribution in [3.63, 3.8) is 0 Å². The van der Waals surface area contributed by atoms with Gasteiger partial charge in [0.2, 0.25) is 0 Å². The molecule has 3 heteroatoms. The van der Waals surface area contributed by atoms with Crippen LogP contribution in [0.1, 0.15) is 24.5 Å². The number of hydrogen-bond acceptors (Lipinski definition) is 3.